The highest BCUT2D eigenvalue weighted by atomic mass is 16.4. The maximum absolute atomic E-state index is 12.2. The Morgan fingerprint density at radius 3 is 2.17 bits per heavy atom. The van der Waals surface area contributed by atoms with Gasteiger partial charge in [-0.3, -0.25) is 14.4 Å². The topological polar surface area (TPSA) is 86.7 Å². The first-order chi connectivity index (χ1) is 8.27. The van der Waals surface area contributed by atoms with Crippen molar-refractivity contribution in [3.05, 3.63) is 0 Å². The average Bonchev–Trinajstić information content (AvgIpc) is 2.88. The van der Waals surface area contributed by atoms with Crippen LogP contribution in [-0.2, 0) is 14.4 Å². The van der Waals surface area contributed by atoms with Crippen molar-refractivity contribution in [3.63, 3.8) is 0 Å². The molecule has 1 aliphatic carbocycles. The summed E-state index contributed by atoms with van der Waals surface area (Å²) in [6, 6.07) is 0. The minimum atomic E-state index is -0.950. The average molecular weight is 256 g/mol. The van der Waals surface area contributed by atoms with Crippen LogP contribution in [0, 0.1) is 17.3 Å². The Balaban J connectivity index is 2.75. The highest BCUT2D eigenvalue weighted by Gasteiger charge is 2.66. The highest BCUT2D eigenvalue weighted by molar-refractivity contribution is 5.93. The van der Waals surface area contributed by atoms with Crippen LogP contribution < -0.4 is 5.32 Å². The van der Waals surface area contributed by atoms with Crippen molar-refractivity contribution in [3.8, 4) is 0 Å². The van der Waals surface area contributed by atoms with E-state index >= 15 is 0 Å². The largest absolute Gasteiger partial charge is 0.481 e. The van der Waals surface area contributed by atoms with Gasteiger partial charge in [-0.05, 0) is 12.3 Å². The molecule has 0 aromatic carbocycles. The third-order valence-corrected chi connectivity index (χ3v) is 3.67. The Morgan fingerprint density at radius 1 is 1.28 bits per heavy atom. The van der Waals surface area contributed by atoms with Crippen LogP contribution >= 0.6 is 0 Å². The van der Waals surface area contributed by atoms with Gasteiger partial charge in [-0.25, -0.2) is 0 Å². The number of nitrogens with one attached hydrogen (secondary N) is 1. The molecule has 6 heteroatoms. The van der Waals surface area contributed by atoms with Gasteiger partial charge < -0.3 is 15.3 Å². The van der Waals surface area contributed by atoms with Crippen LogP contribution in [0.5, 0.6) is 0 Å². The summed E-state index contributed by atoms with van der Waals surface area (Å²) in [5.74, 6) is -2.63. The van der Waals surface area contributed by atoms with Crippen LogP contribution in [0.3, 0.4) is 0 Å². The Kier molecular flexibility index (Phi) is 3.98. The summed E-state index contributed by atoms with van der Waals surface area (Å²) < 4.78 is 0. The molecule has 0 radical (unpaired) electrons. The Morgan fingerprint density at radius 2 is 1.83 bits per heavy atom. The molecule has 102 valence electrons. The van der Waals surface area contributed by atoms with Gasteiger partial charge in [0.15, 0.2) is 0 Å². The lowest BCUT2D eigenvalue weighted by atomic mass is 10.1. The molecule has 2 amide bonds. The molecule has 1 aliphatic rings. The zero-order valence-corrected chi connectivity index (χ0v) is 11.2. The monoisotopic (exact) mass is 256 g/mol. The van der Waals surface area contributed by atoms with Gasteiger partial charge in [0.25, 0.3) is 0 Å². The number of carbonyl (C=O) groups is 3. The fraction of sp³-hybridized carbons (Fsp3) is 0.750. The van der Waals surface area contributed by atoms with Gasteiger partial charge in [0.2, 0.25) is 11.8 Å². The van der Waals surface area contributed by atoms with Crippen LogP contribution in [0.4, 0.5) is 0 Å². The van der Waals surface area contributed by atoms with E-state index in [1.54, 1.807) is 20.8 Å². The number of carboxylic acid groups (broad SMARTS) is 1. The first kappa shape index (κ1) is 14.5. The van der Waals surface area contributed by atoms with E-state index in [1.807, 2.05) is 0 Å². The molecule has 1 rings (SSSR count). The second kappa shape index (κ2) is 4.96. The van der Waals surface area contributed by atoms with Gasteiger partial charge in [0.1, 0.15) is 0 Å². The fourth-order valence-corrected chi connectivity index (χ4v) is 2.35. The van der Waals surface area contributed by atoms with Crippen molar-refractivity contribution in [2.24, 2.45) is 17.3 Å². The number of carbonyl (C=O) groups excluding carboxylic acids is 2. The van der Waals surface area contributed by atoms with E-state index in [9.17, 15) is 14.4 Å². The molecular formula is C12H20N2O4. The smallest absolute Gasteiger partial charge is 0.307 e. The number of likely N-dealkylation sites (N-methyl/N-ethyl adjacent to an activating group) is 2. The van der Waals surface area contributed by atoms with Gasteiger partial charge in [0.05, 0.1) is 18.4 Å². The summed E-state index contributed by atoms with van der Waals surface area (Å²) in [7, 11) is 1.50. The maximum Gasteiger partial charge on any atom is 0.307 e. The highest BCUT2D eigenvalue weighted by Crippen LogP contribution is 2.58. The van der Waals surface area contributed by atoms with E-state index in [1.165, 1.54) is 11.9 Å². The quantitative estimate of drug-likeness (QED) is 0.721. The summed E-state index contributed by atoms with van der Waals surface area (Å²) in [6.07, 6.45) is 0. The van der Waals surface area contributed by atoms with Crippen LogP contribution in [0.1, 0.15) is 20.8 Å². The van der Waals surface area contributed by atoms with Gasteiger partial charge in [0, 0.05) is 13.6 Å². The minimum absolute atomic E-state index is 0.0231. The van der Waals surface area contributed by atoms with Crippen molar-refractivity contribution in [2.75, 3.05) is 20.1 Å². The molecule has 2 N–H and O–H groups in total. The molecule has 1 saturated carbocycles. The lowest BCUT2D eigenvalue weighted by molar-refractivity contribution is -0.142. The first-order valence-electron chi connectivity index (χ1n) is 5.99. The maximum atomic E-state index is 12.2. The van der Waals surface area contributed by atoms with Crippen LogP contribution in [-0.4, -0.2) is 47.9 Å². The summed E-state index contributed by atoms with van der Waals surface area (Å²) in [6.45, 7) is 5.67. The molecule has 1 fully saturated rings. The van der Waals surface area contributed by atoms with E-state index in [-0.39, 0.29) is 18.4 Å². The van der Waals surface area contributed by atoms with Crippen molar-refractivity contribution in [1.82, 2.24) is 10.2 Å². The molecule has 0 aliphatic heterocycles. The standard InChI is InChI=1S/C12H20N2O4/c1-5-14(6-7(15)13-4)10(16)8-9(11(17)18)12(8,2)3/h8-9H,5-6H2,1-4H3,(H,13,15)(H,17,18)/t8-,9+/m1/s1. The van der Waals surface area contributed by atoms with Crippen molar-refractivity contribution in [2.45, 2.75) is 20.8 Å². The second-order valence-electron chi connectivity index (χ2n) is 5.14. The molecule has 0 heterocycles. The first-order valence-corrected chi connectivity index (χ1v) is 5.99. The Bertz CT molecular complexity index is 378. The van der Waals surface area contributed by atoms with E-state index in [0.29, 0.717) is 6.54 Å². The van der Waals surface area contributed by atoms with Crippen LogP contribution in [0.2, 0.25) is 0 Å². The zero-order chi connectivity index (χ0) is 14.1. The lowest BCUT2D eigenvalue weighted by Crippen LogP contribution is -2.41. The fourth-order valence-electron chi connectivity index (χ4n) is 2.35. The van der Waals surface area contributed by atoms with Gasteiger partial charge >= 0.3 is 5.97 Å². The third-order valence-electron chi connectivity index (χ3n) is 3.67. The van der Waals surface area contributed by atoms with Crippen LogP contribution in [0.25, 0.3) is 0 Å². The van der Waals surface area contributed by atoms with Crippen molar-refractivity contribution < 1.29 is 19.5 Å². The van der Waals surface area contributed by atoms with Gasteiger partial charge in [-0.15, -0.1) is 0 Å². The summed E-state index contributed by atoms with van der Waals surface area (Å²) in [4.78, 5) is 35.9. The third kappa shape index (κ3) is 2.47. The normalized spacial score (nSPS) is 24.2. The summed E-state index contributed by atoms with van der Waals surface area (Å²) >= 11 is 0. The molecule has 0 unspecified atom stereocenters. The summed E-state index contributed by atoms with van der Waals surface area (Å²) in [5.41, 5.74) is -0.529. The predicted molar refractivity (Wildman–Crippen MR) is 64.7 cm³/mol. The van der Waals surface area contributed by atoms with Crippen molar-refractivity contribution >= 4 is 17.8 Å². The van der Waals surface area contributed by atoms with Gasteiger partial charge in [-0.1, -0.05) is 13.8 Å². The number of aliphatic carboxylic acids is 1. The minimum Gasteiger partial charge on any atom is -0.481 e. The van der Waals surface area contributed by atoms with E-state index in [0.717, 1.165) is 0 Å². The number of nitrogens with zero attached hydrogens (tertiary/aromatic N) is 1. The zero-order valence-electron chi connectivity index (χ0n) is 11.2. The van der Waals surface area contributed by atoms with E-state index in [2.05, 4.69) is 5.32 Å². The molecule has 0 aromatic heterocycles. The predicted octanol–water partition coefficient (Wildman–Crippen LogP) is -0.0623. The number of rotatable bonds is 5. The number of hydrogen-bond acceptors (Lipinski definition) is 3. The molecule has 0 aromatic rings. The Labute approximate surface area is 106 Å². The molecule has 0 saturated heterocycles. The number of amides is 2. The molecule has 18 heavy (non-hydrogen) atoms. The molecule has 2 atom stereocenters. The van der Waals surface area contributed by atoms with E-state index < -0.39 is 23.2 Å². The SMILES string of the molecule is CCN(CC(=O)NC)C(=O)[C@H]1[C@@H](C(=O)O)C1(C)C. The number of carboxylic acids is 1. The second-order valence-corrected chi connectivity index (χ2v) is 5.14. The van der Waals surface area contributed by atoms with E-state index in [4.69, 9.17) is 5.11 Å². The molecule has 0 spiro atoms. The van der Waals surface area contributed by atoms with Crippen molar-refractivity contribution in [1.29, 1.82) is 0 Å². The summed E-state index contributed by atoms with van der Waals surface area (Å²) in [5, 5.41) is 11.5. The molecular weight excluding hydrogens is 236 g/mol. The van der Waals surface area contributed by atoms with Crippen LogP contribution in [0.15, 0.2) is 0 Å². The number of hydrogen-bond donors (Lipinski definition) is 2. The Hall–Kier alpha value is -1.59. The molecule has 0 bridgehead atoms. The lowest BCUT2D eigenvalue weighted by Gasteiger charge is -2.20. The van der Waals surface area contributed by atoms with Gasteiger partial charge in [-0.2, -0.15) is 0 Å². The molecule has 6 nitrogen and oxygen atoms in total.